The lowest BCUT2D eigenvalue weighted by Gasteiger charge is -2.38. The zero-order valence-electron chi connectivity index (χ0n) is 12.3. The lowest BCUT2D eigenvalue weighted by molar-refractivity contribution is 0.145. The first-order chi connectivity index (χ1) is 9.72. The van der Waals surface area contributed by atoms with Gasteiger partial charge in [-0.1, -0.05) is 25.5 Å². The Labute approximate surface area is 126 Å². The molecule has 0 aromatic heterocycles. The van der Waals surface area contributed by atoms with Crippen LogP contribution in [0.4, 0.5) is 0 Å². The van der Waals surface area contributed by atoms with Crippen molar-refractivity contribution in [3.63, 3.8) is 0 Å². The second-order valence-corrected chi connectivity index (χ2v) is 5.46. The molecule has 1 fully saturated rings. The van der Waals surface area contributed by atoms with Crippen LogP contribution in [0.2, 0.25) is 0 Å². The van der Waals surface area contributed by atoms with Gasteiger partial charge in [0.15, 0.2) is 5.11 Å². The second-order valence-electron chi connectivity index (χ2n) is 5.08. The molecule has 1 saturated heterocycles. The van der Waals surface area contributed by atoms with E-state index >= 15 is 0 Å². The molecule has 0 saturated carbocycles. The molecule has 1 N–H and O–H groups in total. The molecule has 2 rings (SSSR count). The SMILES string of the molecule is CCCCN1CN(Cc2ccc(OC)cc2)CNC1=S. The quantitative estimate of drug-likeness (QED) is 0.813. The van der Waals surface area contributed by atoms with Gasteiger partial charge in [0.2, 0.25) is 0 Å². The third-order valence-electron chi connectivity index (χ3n) is 3.46. The van der Waals surface area contributed by atoms with Crippen molar-refractivity contribution < 1.29 is 4.74 Å². The van der Waals surface area contributed by atoms with E-state index in [2.05, 4.69) is 34.2 Å². The normalized spacial score (nSPS) is 16.1. The fourth-order valence-corrected chi connectivity index (χ4v) is 2.48. The van der Waals surface area contributed by atoms with Gasteiger partial charge >= 0.3 is 0 Å². The van der Waals surface area contributed by atoms with Crippen molar-refractivity contribution in [1.82, 2.24) is 15.1 Å². The number of thiocarbonyl (C=S) groups is 1. The smallest absolute Gasteiger partial charge is 0.170 e. The molecule has 0 aliphatic carbocycles. The summed E-state index contributed by atoms with van der Waals surface area (Å²) in [7, 11) is 1.69. The van der Waals surface area contributed by atoms with Gasteiger partial charge in [-0.05, 0) is 36.3 Å². The van der Waals surface area contributed by atoms with E-state index in [9.17, 15) is 0 Å². The van der Waals surface area contributed by atoms with Crippen LogP contribution in [-0.4, -0.2) is 41.9 Å². The first kappa shape index (κ1) is 15.1. The molecule has 110 valence electrons. The molecule has 0 atom stereocenters. The van der Waals surface area contributed by atoms with Gasteiger partial charge in [0.1, 0.15) is 5.75 Å². The van der Waals surface area contributed by atoms with E-state index in [-0.39, 0.29) is 0 Å². The zero-order chi connectivity index (χ0) is 14.4. The topological polar surface area (TPSA) is 27.7 Å². The summed E-state index contributed by atoms with van der Waals surface area (Å²) in [6, 6.07) is 8.24. The maximum atomic E-state index is 5.36. The monoisotopic (exact) mass is 293 g/mol. The number of ether oxygens (including phenoxy) is 1. The first-order valence-electron chi connectivity index (χ1n) is 7.11. The minimum absolute atomic E-state index is 0.813. The number of nitrogens with one attached hydrogen (secondary N) is 1. The van der Waals surface area contributed by atoms with Crippen molar-refractivity contribution in [3.05, 3.63) is 29.8 Å². The standard InChI is InChI=1S/C15H23N3OS/c1-3-4-9-18-12-17(11-16-15(18)20)10-13-5-7-14(19-2)8-6-13/h5-8H,3-4,9-12H2,1-2H3,(H,16,20). The molecule has 1 aromatic carbocycles. The first-order valence-corrected chi connectivity index (χ1v) is 7.52. The Morgan fingerprint density at radius 2 is 2.05 bits per heavy atom. The summed E-state index contributed by atoms with van der Waals surface area (Å²) >= 11 is 5.36. The third kappa shape index (κ3) is 4.08. The number of benzene rings is 1. The lowest BCUT2D eigenvalue weighted by atomic mass is 10.2. The van der Waals surface area contributed by atoms with E-state index < -0.39 is 0 Å². The number of methoxy groups -OCH3 is 1. The molecule has 1 aliphatic heterocycles. The Bertz CT molecular complexity index is 435. The molecule has 0 amide bonds. The molecule has 0 bridgehead atoms. The van der Waals surface area contributed by atoms with Gasteiger partial charge in [-0.25, -0.2) is 0 Å². The van der Waals surface area contributed by atoms with Gasteiger partial charge in [-0.3, -0.25) is 4.90 Å². The molecular formula is C15H23N3OS. The minimum Gasteiger partial charge on any atom is -0.497 e. The Morgan fingerprint density at radius 3 is 2.70 bits per heavy atom. The predicted molar refractivity (Wildman–Crippen MR) is 85.6 cm³/mol. The van der Waals surface area contributed by atoms with Crippen molar-refractivity contribution in [1.29, 1.82) is 0 Å². The van der Waals surface area contributed by atoms with Crippen molar-refractivity contribution in [3.8, 4) is 5.75 Å². The maximum absolute atomic E-state index is 5.36. The van der Waals surface area contributed by atoms with E-state index in [1.807, 2.05) is 12.1 Å². The molecule has 1 heterocycles. The predicted octanol–water partition coefficient (Wildman–Crippen LogP) is 2.40. The van der Waals surface area contributed by atoms with Gasteiger partial charge in [-0.2, -0.15) is 0 Å². The third-order valence-corrected chi connectivity index (χ3v) is 3.86. The van der Waals surface area contributed by atoms with Gasteiger partial charge < -0.3 is 15.0 Å². The molecule has 20 heavy (non-hydrogen) atoms. The fourth-order valence-electron chi connectivity index (χ4n) is 2.26. The summed E-state index contributed by atoms with van der Waals surface area (Å²) in [4.78, 5) is 4.60. The number of hydrogen-bond acceptors (Lipinski definition) is 3. The van der Waals surface area contributed by atoms with Crippen molar-refractivity contribution in [2.24, 2.45) is 0 Å². The van der Waals surface area contributed by atoms with Crippen LogP contribution in [0.3, 0.4) is 0 Å². The van der Waals surface area contributed by atoms with Crippen LogP contribution >= 0.6 is 12.2 Å². The number of hydrogen-bond donors (Lipinski definition) is 1. The molecule has 5 heteroatoms. The van der Waals surface area contributed by atoms with E-state index in [1.165, 1.54) is 18.4 Å². The largest absolute Gasteiger partial charge is 0.497 e. The fraction of sp³-hybridized carbons (Fsp3) is 0.533. The summed E-state index contributed by atoms with van der Waals surface area (Å²) in [6.07, 6.45) is 2.37. The van der Waals surface area contributed by atoms with Crippen LogP contribution < -0.4 is 10.1 Å². The van der Waals surface area contributed by atoms with Crippen LogP contribution in [0.25, 0.3) is 0 Å². The van der Waals surface area contributed by atoms with Crippen molar-refractivity contribution in [2.75, 3.05) is 27.0 Å². The second kappa shape index (κ2) is 7.45. The van der Waals surface area contributed by atoms with E-state index in [0.29, 0.717) is 0 Å². The highest BCUT2D eigenvalue weighted by atomic mass is 32.1. The van der Waals surface area contributed by atoms with Crippen LogP contribution in [-0.2, 0) is 6.54 Å². The number of rotatable bonds is 6. The van der Waals surface area contributed by atoms with Gasteiger partial charge in [-0.15, -0.1) is 0 Å². The number of unbranched alkanes of at least 4 members (excludes halogenated alkanes) is 1. The zero-order valence-corrected chi connectivity index (χ0v) is 13.1. The highest BCUT2D eigenvalue weighted by Crippen LogP contribution is 2.14. The Balaban J connectivity index is 1.90. The highest BCUT2D eigenvalue weighted by molar-refractivity contribution is 7.80. The molecule has 4 nitrogen and oxygen atoms in total. The molecule has 1 aliphatic rings. The van der Waals surface area contributed by atoms with E-state index in [0.717, 1.165) is 37.3 Å². The van der Waals surface area contributed by atoms with Gasteiger partial charge in [0.25, 0.3) is 0 Å². The van der Waals surface area contributed by atoms with Crippen LogP contribution in [0, 0.1) is 0 Å². The van der Waals surface area contributed by atoms with E-state index in [1.54, 1.807) is 7.11 Å². The number of nitrogens with zero attached hydrogens (tertiary/aromatic N) is 2. The van der Waals surface area contributed by atoms with E-state index in [4.69, 9.17) is 17.0 Å². The Kier molecular flexibility index (Phi) is 5.61. The Morgan fingerprint density at radius 1 is 1.30 bits per heavy atom. The molecule has 0 spiro atoms. The van der Waals surface area contributed by atoms with Crippen molar-refractivity contribution >= 4 is 17.3 Å². The summed E-state index contributed by atoms with van der Waals surface area (Å²) in [5.41, 5.74) is 1.29. The summed E-state index contributed by atoms with van der Waals surface area (Å²) in [5.74, 6) is 0.899. The average Bonchev–Trinajstić information content (AvgIpc) is 2.48. The van der Waals surface area contributed by atoms with Crippen LogP contribution in [0.5, 0.6) is 5.75 Å². The molecule has 0 unspecified atom stereocenters. The lowest BCUT2D eigenvalue weighted by Crippen LogP contribution is -2.55. The van der Waals surface area contributed by atoms with Crippen LogP contribution in [0.15, 0.2) is 24.3 Å². The molecule has 1 aromatic rings. The molecular weight excluding hydrogens is 270 g/mol. The summed E-state index contributed by atoms with van der Waals surface area (Å²) < 4.78 is 5.18. The summed E-state index contributed by atoms with van der Waals surface area (Å²) in [5, 5.41) is 4.17. The maximum Gasteiger partial charge on any atom is 0.170 e. The molecule has 0 radical (unpaired) electrons. The Hall–Kier alpha value is -1.33. The average molecular weight is 293 g/mol. The summed E-state index contributed by atoms with van der Waals surface area (Å²) in [6.45, 7) is 5.87. The van der Waals surface area contributed by atoms with Gasteiger partial charge in [0, 0.05) is 13.1 Å². The van der Waals surface area contributed by atoms with Crippen molar-refractivity contribution in [2.45, 2.75) is 26.3 Å². The van der Waals surface area contributed by atoms with Crippen LogP contribution in [0.1, 0.15) is 25.3 Å². The highest BCUT2D eigenvalue weighted by Gasteiger charge is 2.19. The minimum atomic E-state index is 0.813. The van der Waals surface area contributed by atoms with Gasteiger partial charge in [0.05, 0.1) is 20.4 Å².